The highest BCUT2D eigenvalue weighted by Crippen LogP contribution is 2.19. The molecule has 20 heavy (non-hydrogen) atoms. The number of carbonyl (C=O) groups excluding carboxylic acids is 1. The maximum atomic E-state index is 11.2. The van der Waals surface area contributed by atoms with Gasteiger partial charge >= 0.3 is 0 Å². The van der Waals surface area contributed by atoms with Gasteiger partial charge in [-0.15, -0.1) is 10.2 Å². The zero-order valence-electron chi connectivity index (χ0n) is 12.0. The van der Waals surface area contributed by atoms with E-state index in [0.29, 0.717) is 12.2 Å². The van der Waals surface area contributed by atoms with Crippen LogP contribution in [0.5, 0.6) is 0 Å². The Balaban J connectivity index is 1.75. The van der Waals surface area contributed by atoms with Gasteiger partial charge in [-0.3, -0.25) is 4.79 Å². The molecule has 2 N–H and O–H groups in total. The summed E-state index contributed by atoms with van der Waals surface area (Å²) in [4.78, 5) is 11.2. The Morgan fingerprint density at radius 2 is 2.05 bits per heavy atom. The van der Waals surface area contributed by atoms with Crippen LogP contribution in [0.25, 0.3) is 0 Å². The van der Waals surface area contributed by atoms with Crippen LogP contribution in [0.2, 0.25) is 0 Å². The van der Waals surface area contributed by atoms with E-state index in [9.17, 15) is 4.79 Å². The molecule has 0 saturated heterocycles. The van der Waals surface area contributed by atoms with E-state index >= 15 is 0 Å². The van der Waals surface area contributed by atoms with Gasteiger partial charge in [0.2, 0.25) is 5.91 Å². The van der Waals surface area contributed by atoms with Crippen LogP contribution in [0.4, 0.5) is 11.6 Å². The Bertz CT molecular complexity index is 467. The molecule has 0 unspecified atom stereocenters. The SMILES string of the molecule is CCC(=O)Nc1ccc(NCCC2=CCCCC2)nn1. The smallest absolute Gasteiger partial charge is 0.225 e. The Morgan fingerprint density at radius 3 is 2.70 bits per heavy atom. The Kier molecular flexibility index (Phi) is 5.53. The number of rotatable bonds is 6. The van der Waals surface area contributed by atoms with Crippen LogP contribution in [-0.2, 0) is 4.79 Å². The topological polar surface area (TPSA) is 66.9 Å². The maximum Gasteiger partial charge on any atom is 0.225 e. The third kappa shape index (κ3) is 4.64. The van der Waals surface area contributed by atoms with E-state index in [4.69, 9.17) is 0 Å². The van der Waals surface area contributed by atoms with Gasteiger partial charge in [-0.1, -0.05) is 18.6 Å². The van der Waals surface area contributed by atoms with Gasteiger partial charge in [0.15, 0.2) is 5.82 Å². The van der Waals surface area contributed by atoms with Crippen molar-refractivity contribution >= 4 is 17.5 Å². The molecular weight excluding hydrogens is 252 g/mol. The molecule has 1 aromatic rings. The summed E-state index contributed by atoms with van der Waals surface area (Å²) >= 11 is 0. The van der Waals surface area contributed by atoms with Crippen LogP contribution >= 0.6 is 0 Å². The molecule has 1 heterocycles. The minimum atomic E-state index is -0.0516. The highest BCUT2D eigenvalue weighted by Gasteiger charge is 2.04. The number of nitrogens with zero attached hydrogens (tertiary/aromatic N) is 2. The van der Waals surface area contributed by atoms with E-state index < -0.39 is 0 Å². The molecule has 5 heteroatoms. The Hall–Kier alpha value is -1.91. The van der Waals surface area contributed by atoms with Gasteiger partial charge < -0.3 is 10.6 Å². The van der Waals surface area contributed by atoms with Crippen LogP contribution in [0, 0.1) is 0 Å². The highest BCUT2D eigenvalue weighted by atomic mass is 16.1. The monoisotopic (exact) mass is 274 g/mol. The molecule has 1 aromatic heterocycles. The number of carbonyl (C=O) groups is 1. The fourth-order valence-corrected chi connectivity index (χ4v) is 2.21. The molecule has 108 valence electrons. The fourth-order valence-electron chi connectivity index (χ4n) is 2.21. The van der Waals surface area contributed by atoms with E-state index in [1.165, 1.54) is 25.7 Å². The lowest BCUT2D eigenvalue weighted by Crippen LogP contribution is -2.12. The second kappa shape index (κ2) is 7.62. The average Bonchev–Trinajstić information content (AvgIpc) is 2.50. The van der Waals surface area contributed by atoms with Crippen molar-refractivity contribution < 1.29 is 4.79 Å². The molecular formula is C15H22N4O. The van der Waals surface area contributed by atoms with E-state index in [2.05, 4.69) is 26.9 Å². The summed E-state index contributed by atoms with van der Waals surface area (Å²) in [5.41, 5.74) is 1.54. The summed E-state index contributed by atoms with van der Waals surface area (Å²) in [5, 5.41) is 14.0. The predicted molar refractivity (Wildman–Crippen MR) is 80.6 cm³/mol. The maximum absolute atomic E-state index is 11.2. The quantitative estimate of drug-likeness (QED) is 0.782. The lowest BCUT2D eigenvalue weighted by atomic mass is 9.97. The second-order valence-corrected chi connectivity index (χ2v) is 4.99. The molecule has 1 aliphatic carbocycles. The third-order valence-corrected chi connectivity index (χ3v) is 3.39. The van der Waals surface area contributed by atoms with Crippen LogP contribution < -0.4 is 10.6 Å². The van der Waals surface area contributed by atoms with Crippen LogP contribution in [0.1, 0.15) is 45.4 Å². The first-order valence-corrected chi connectivity index (χ1v) is 7.33. The van der Waals surface area contributed by atoms with Crippen LogP contribution in [0.3, 0.4) is 0 Å². The van der Waals surface area contributed by atoms with E-state index in [0.717, 1.165) is 18.8 Å². The zero-order valence-corrected chi connectivity index (χ0v) is 12.0. The summed E-state index contributed by atoms with van der Waals surface area (Å²) in [6, 6.07) is 3.61. The van der Waals surface area contributed by atoms with Crippen molar-refractivity contribution in [2.75, 3.05) is 17.2 Å². The van der Waals surface area contributed by atoms with Crippen LogP contribution in [-0.4, -0.2) is 22.6 Å². The van der Waals surface area contributed by atoms with Gasteiger partial charge in [-0.2, -0.15) is 0 Å². The molecule has 0 saturated carbocycles. The predicted octanol–water partition coefficient (Wildman–Crippen LogP) is 3.13. The lowest BCUT2D eigenvalue weighted by molar-refractivity contribution is -0.115. The van der Waals surface area contributed by atoms with Crippen LogP contribution in [0.15, 0.2) is 23.8 Å². The van der Waals surface area contributed by atoms with Crippen molar-refractivity contribution in [3.8, 4) is 0 Å². The molecule has 5 nitrogen and oxygen atoms in total. The lowest BCUT2D eigenvalue weighted by Gasteiger charge is -2.13. The second-order valence-electron chi connectivity index (χ2n) is 4.99. The normalized spacial score (nSPS) is 14.6. The molecule has 0 aromatic carbocycles. The summed E-state index contributed by atoms with van der Waals surface area (Å²) in [6.07, 6.45) is 8.97. The summed E-state index contributed by atoms with van der Waals surface area (Å²) in [5.74, 6) is 1.19. The molecule has 1 aliphatic rings. The van der Waals surface area contributed by atoms with Gasteiger partial charge in [-0.05, 0) is 44.2 Å². The number of allylic oxidation sites excluding steroid dienone is 1. The van der Waals surface area contributed by atoms with Crippen molar-refractivity contribution in [3.63, 3.8) is 0 Å². The van der Waals surface area contributed by atoms with Crippen molar-refractivity contribution in [1.29, 1.82) is 0 Å². The largest absolute Gasteiger partial charge is 0.368 e. The molecule has 0 atom stereocenters. The first-order chi connectivity index (χ1) is 9.78. The van der Waals surface area contributed by atoms with Gasteiger partial charge in [0.25, 0.3) is 0 Å². The molecule has 0 fully saturated rings. The molecule has 0 bridgehead atoms. The summed E-state index contributed by atoms with van der Waals surface area (Å²) < 4.78 is 0. The molecule has 1 amide bonds. The number of nitrogens with one attached hydrogen (secondary N) is 2. The molecule has 0 aliphatic heterocycles. The zero-order chi connectivity index (χ0) is 14.2. The van der Waals surface area contributed by atoms with Gasteiger partial charge in [-0.25, -0.2) is 0 Å². The highest BCUT2D eigenvalue weighted by molar-refractivity contribution is 5.89. The number of anilines is 2. The molecule has 2 rings (SSSR count). The number of hydrogen-bond donors (Lipinski definition) is 2. The molecule has 0 radical (unpaired) electrons. The van der Waals surface area contributed by atoms with E-state index in [1.807, 2.05) is 6.07 Å². The molecule has 0 spiro atoms. The Labute approximate surface area is 119 Å². The first-order valence-electron chi connectivity index (χ1n) is 7.33. The number of hydrogen-bond acceptors (Lipinski definition) is 4. The number of amides is 1. The average molecular weight is 274 g/mol. The first kappa shape index (κ1) is 14.5. The Morgan fingerprint density at radius 1 is 1.25 bits per heavy atom. The minimum Gasteiger partial charge on any atom is -0.368 e. The van der Waals surface area contributed by atoms with E-state index in [-0.39, 0.29) is 5.91 Å². The third-order valence-electron chi connectivity index (χ3n) is 3.39. The standard InChI is InChI=1S/C15H22N4O/c1-2-15(20)17-14-9-8-13(18-19-14)16-11-10-12-6-4-3-5-7-12/h6,8-9H,2-5,7,10-11H2,1H3,(H,16,18)(H,17,19,20). The summed E-state index contributed by atoms with van der Waals surface area (Å²) in [6.45, 7) is 2.68. The van der Waals surface area contributed by atoms with Gasteiger partial charge in [0.1, 0.15) is 5.82 Å². The summed E-state index contributed by atoms with van der Waals surface area (Å²) in [7, 11) is 0. The van der Waals surface area contributed by atoms with Crippen molar-refractivity contribution in [1.82, 2.24) is 10.2 Å². The van der Waals surface area contributed by atoms with Crippen molar-refractivity contribution in [2.24, 2.45) is 0 Å². The van der Waals surface area contributed by atoms with Gasteiger partial charge in [0.05, 0.1) is 0 Å². The van der Waals surface area contributed by atoms with Crippen molar-refractivity contribution in [2.45, 2.75) is 45.4 Å². The fraction of sp³-hybridized carbons (Fsp3) is 0.533. The van der Waals surface area contributed by atoms with Gasteiger partial charge in [0, 0.05) is 13.0 Å². The number of aromatic nitrogens is 2. The minimum absolute atomic E-state index is 0.0516. The van der Waals surface area contributed by atoms with E-state index in [1.54, 1.807) is 18.6 Å². The van der Waals surface area contributed by atoms with Crippen molar-refractivity contribution in [3.05, 3.63) is 23.8 Å².